The molecule has 6 N–H and O–H groups in total. The van der Waals surface area contributed by atoms with E-state index in [9.17, 15) is 24.7 Å². The second-order valence-corrected chi connectivity index (χ2v) is 5.13. The SMILES string of the molecule is O=C1C[C@@](O)(COP(=O)(O)O)[C@@H](O)[C@H](O)[C@H]1O. The van der Waals surface area contributed by atoms with Crippen molar-refractivity contribution >= 4 is 13.6 Å². The molecule has 1 fully saturated rings. The first kappa shape index (κ1) is 14.7. The van der Waals surface area contributed by atoms with Crippen molar-refractivity contribution in [2.45, 2.75) is 30.3 Å². The Morgan fingerprint density at radius 3 is 2.35 bits per heavy atom. The summed E-state index contributed by atoms with van der Waals surface area (Å²) in [5.41, 5.74) is -2.35. The fraction of sp³-hybridized carbons (Fsp3) is 0.857. The first-order valence-corrected chi connectivity index (χ1v) is 6.09. The molecule has 0 radical (unpaired) electrons. The van der Waals surface area contributed by atoms with E-state index in [0.29, 0.717) is 0 Å². The van der Waals surface area contributed by atoms with E-state index in [1.165, 1.54) is 0 Å². The maximum absolute atomic E-state index is 11.2. The van der Waals surface area contributed by atoms with E-state index in [0.717, 1.165) is 0 Å². The van der Waals surface area contributed by atoms with Crippen molar-refractivity contribution in [2.24, 2.45) is 0 Å². The minimum Gasteiger partial charge on any atom is -0.387 e. The third kappa shape index (κ3) is 3.30. The Hall–Kier alpha value is -0.380. The van der Waals surface area contributed by atoms with Crippen molar-refractivity contribution in [2.75, 3.05) is 6.61 Å². The topological polar surface area (TPSA) is 165 Å². The largest absolute Gasteiger partial charge is 0.469 e. The quantitative estimate of drug-likeness (QED) is 0.291. The van der Waals surface area contributed by atoms with E-state index < -0.39 is 50.5 Å². The van der Waals surface area contributed by atoms with Crippen LogP contribution in [0.1, 0.15) is 6.42 Å². The number of Topliss-reactive ketones (excluding diaryl/α,β-unsaturated/α-hetero) is 1. The standard InChI is InChI=1S/C7H13O9P/c8-3-1-7(12,2-16-17(13,14)15)6(11)5(10)4(3)9/h4-6,9-12H,1-2H2,(H2,13,14,15)/t4-,5+,6-,7+/m0/s1. The Morgan fingerprint density at radius 1 is 1.35 bits per heavy atom. The summed E-state index contributed by atoms with van der Waals surface area (Å²) in [6.07, 6.45) is -6.53. The minimum absolute atomic E-state index is 0.785. The highest BCUT2D eigenvalue weighted by Gasteiger charge is 2.52. The van der Waals surface area contributed by atoms with Gasteiger partial charge in [-0.15, -0.1) is 0 Å². The van der Waals surface area contributed by atoms with Gasteiger partial charge in [0.1, 0.15) is 23.9 Å². The number of carbonyl (C=O) groups excluding carboxylic acids is 1. The molecule has 0 unspecified atom stereocenters. The predicted octanol–water partition coefficient (Wildman–Crippen LogP) is -3.12. The van der Waals surface area contributed by atoms with Crippen LogP contribution in [0.3, 0.4) is 0 Å². The van der Waals surface area contributed by atoms with Crippen molar-refractivity contribution in [1.29, 1.82) is 0 Å². The Morgan fingerprint density at radius 2 is 1.88 bits per heavy atom. The molecule has 1 saturated carbocycles. The molecule has 100 valence electrons. The van der Waals surface area contributed by atoms with Gasteiger partial charge in [-0.25, -0.2) is 4.57 Å². The van der Waals surface area contributed by atoms with Crippen molar-refractivity contribution in [3.63, 3.8) is 0 Å². The van der Waals surface area contributed by atoms with Crippen molar-refractivity contribution in [3.05, 3.63) is 0 Å². The summed E-state index contributed by atoms with van der Waals surface area (Å²) in [6, 6.07) is 0. The van der Waals surface area contributed by atoms with Crippen LogP contribution < -0.4 is 0 Å². The lowest BCUT2D eigenvalue weighted by atomic mass is 9.78. The number of rotatable bonds is 3. The van der Waals surface area contributed by atoms with Crippen LogP contribution in [0.4, 0.5) is 0 Å². The van der Waals surface area contributed by atoms with Gasteiger partial charge in [0.05, 0.1) is 6.61 Å². The fourth-order valence-corrected chi connectivity index (χ4v) is 1.92. The fourth-order valence-electron chi connectivity index (χ4n) is 1.52. The van der Waals surface area contributed by atoms with Crippen LogP contribution in [0, 0.1) is 0 Å². The van der Waals surface area contributed by atoms with E-state index in [-0.39, 0.29) is 0 Å². The van der Waals surface area contributed by atoms with Crippen LogP contribution in [-0.2, 0) is 13.9 Å². The number of hydrogen-bond acceptors (Lipinski definition) is 7. The van der Waals surface area contributed by atoms with Crippen LogP contribution in [0.15, 0.2) is 0 Å². The molecular formula is C7H13O9P. The van der Waals surface area contributed by atoms with Gasteiger partial charge in [-0.2, -0.15) is 0 Å². The molecule has 0 amide bonds. The van der Waals surface area contributed by atoms with Gasteiger partial charge in [0.25, 0.3) is 0 Å². The van der Waals surface area contributed by atoms with E-state index in [1.807, 2.05) is 0 Å². The average Bonchev–Trinajstić information content (AvgIpc) is 2.20. The summed E-state index contributed by atoms with van der Waals surface area (Å²) >= 11 is 0. The highest BCUT2D eigenvalue weighted by Crippen LogP contribution is 2.39. The molecule has 0 saturated heterocycles. The smallest absolute Gasteiger partial charge is 0.387 e. The summed E-state index contributed by atoms with van der Waals surface area (Å²) in [6.45, 7) is -1.05. The first-order chi connectivity index (χ1) is 7.57. The van der Waals surface area contributed by atoms with Crippen LogP contribution in [0.5, 0.6) is 0 Å². The highest BCUT2D eigenvalue weighted by atomic mass is 31.2. The molecule has 10 heteroatoms. The first-order valence-electron chi connectivity index (χ1n) is 4.56. The lowest BCUT2D eigenvalue weighted by Gasteiger charge is -2.40. The average molecular weight is 272 g/mol. The van der Waals surface area contributed by atoms with Crippen LogP contribution in [-0.4, -0.2) is 66.5 Å². The summed E-state index contributed by atoms with van der Waals surface area (Å²) in [7, 11) is -4.88. The second-order valence-electron chi connectivity index (χ2n) is 3.89. The Kier molecular flexibility index (Phi) is 4.07. The zero-order chi connectivity index (χ0) is 13.4. The van der Waals surface area contributed by atoms with Gasteiger partial charge >= 0.3 is 7.82 Å². The molecule has 0 heterocycles. The highest BCUT2D eigenvalue weighted by molar-refractivity contribution is 7.46. The molecule has 0 bridgehead atoms. The summed E-state index contributed by atoms with van der Waals surface area (Å²) in [4.78, 5) is 28.0. The number of carbonyl (C=O) groups is 1. The van der Waals surface area contributed by atoms with Gasteiger partial charge < -0.3 is 30.2 Å². The Labute approximate surface area is 95.5 Å². The molecule has 1 rings (SSSR count). The second kappa shape index (κ2) is 4.71. The molecule has 1 aliphatic rings. The summed E-state index contributed by atoms with van der Waals surface area (Å²) in [5.74, 6) is -0.959. The van der Waals surface area contributed by atoms with E-state index >= 15 is 0 Å². The molecule has 0 aromatic rings. The molecule has 9 nitrogen and oxygen atoms in total. The van der Waals surface area contributed by atoms with Gasteiger partial charge in [-0.1, -0.05) is 0 Å². The van der Waals surface area contributed by atoms with Crippen molar-refractivity contribution in [1.82, 2.24) is 0 Å². The van der Waals surface area contributed by atoms with Gasteiger partial charge in [0.2, 0.25) is 0 Å². The maximum Gasteiger partial charge on any atom is 0.469 e. The predicted molar refractivity (Wildman–Crippen MR) is 50.6 cm³/mol. The van der Waals surface area contributed by atoms with Gasteiger partial charge in [0.15, 0.2) is 5.78 Å². The van der Waals surface area contributed by atoms with Crippen LogP contribution in [0.2, 0.25) is 0 Å². The number of ketones is 1. The number of hydrogen-bond donors (Lipinski definition) is 6. The number of aliphatic hydroxyl groups is 4. The van der Waals surface area contributed by atoms with E-state index in [1.54, 1.807) is 0 Å². The number of phosphoric acid groups is 1. The van der Waals surface area contributed by atoms with Gasteiger partial charge in [-0.3, -0.25) is 9.32 Å². The zero-order valence-electron chi connectivity index (χ0n) is 8.50. The number of phosphoric ester groups is 1. The van der Waals surface area contributed by atoms with Crippen molar-refractivity contribution in [3.8, 4) is 0 Å². The van der Waals surface area contributed by atoms with Crippen LogP contribution >= 0.6 is 7.82 Å². The monoisotopic (exact) mass is 272 g/mol. The lowest BCUT2D eigenvalue weighted by molar-refractivity contribution is -0.197. The molecule has 17 heavy (non-hydrogen) atoms. The van der Waals surface area contributed by atoms with E-state index in [2.05, 4.69) is 4.52 Å². The maximum atomic E-state index is 11.2. The van der Waals surface area contributed by atoms with Crippen molar-refractivity contribution < 1.29 is 44.1 Å². The zero-order valence-corrected chi connectivity index (χ0v) is 9.40. The van der Waals surface area contributed by atoms with Crippen LogP contribution in [0.25, 0.3) is 0 Å². The molecular weight excluding hydrogens is 259 g/mol. The van der Waals surface area contributed by atoms with Gasteiger partial charge in [0, 0.05) is 6.42 Å². The third-order valence-electron chi connectivity index (χ3n) is 2.49. The Balaban J connectivity index is 2.81. The molecule has 0 aromatic carbocycles. The lowest BCUT2D eigenvalue weighted by Crippen LogP contribution is -2.63. The Bertz CT molecular complexity index is 351. The van der Waals surface area contributed by atoms with Gasteiger partial charge in [-0.05, 0) is 0 Å². The molecule has 0 aliphatic heterocycles. The molecule has 0 spiro atoms. The summed E-state index contributed by atoms with van der Waals surface area (Å²) in [5, 5.41) is 37.6. The molecule has 1 aliphatic carbocycles. The normalized spacial score (nSPS) is 39.4. The summed E-state index contributed by atoms with van der Waals surface area (Å²) < 4.78 is 14.4. The number of aliphatic hydroxyl groups excluding tert-OH is 3. The molecule has 0 aromatic heterocycles. The van der Waals surface area contributed by atoms with E-state index in [4.69, 9.17) is 14.9 Å². The molecule has 4 atom stereocenters. The third-order valence-corrected chi connectivity index (χ3v) is 2.96. The minimum atomic E-state index is -4.88.